The first-order valence-electron chi connectivity index (χ1n) is 9.19. The molecule has 0 aliphatic carbocycles. The zero-order chi connectivity index (χ0) is 19.0. The third kappa shape index (κ3) is 3.26. The summed E-state index contributed by atoms with van der Waals surface area (Å²) in [7, 11) is 2.09. The molecular formula is C20H23N5O2. The zero-order valence-electron chi connectivity index (χ0n) is 15.5. The van der Waals surface area contributed by atoms with Gasteiger partial charge in [0.1, 0.15) is 0 Å². The summed E-state index contributed by atoms with van der Waals surface area (Å²) < 4.78 is 0. The van der Waals surface area contributed by atoms with Crippen LogP contribution in [0.15, 0.2) is 42.6 Å². The van der Waals surface area contributed by atoms with E-state index < -0.39 is 0 Å². The number of nitrogens with one attached hydrogen (secondary N) is 2. The fourth-order valence-corrected chi connectivity index (χ4v) is 3.83. The predicted octanol–water partition coefficient (Wildman–Crippen LogP) is 2.84. The van der Waals surface area contributed by atoms with Crippen LogP contribution in [0.2, 0.25) is 0 Å². The molecule has 2 aliphatic rings. The van der Waals surface area contributed by atoms with E-state index in [-0.39, 0.29) is 18.0 Å². The van der Waals surface area contributed by atoms with E-state index in [0.29, 0.717) is 28.7 Å². The maximum atomic E-state index is 13.3. The van der Waals surface area contributed by atoms with Crippen LogP contribution in [-0.4, -0.2) is 48.0 Å². The first-order valence-corrected chi connectivity index (χ1v) is 9.19. The Morgan fingerprint density at radius 2 is 2.07 bits per heavy atom. The molecule has 27 heavy (non-hydrogen) atoms. The van der Waals surface area contributed by atoms with Crippen molar-refractivity contribution in [1.29, 1.82) is 0 Å². The van der Waals surface area contributed by atoms with Gasteiger partial charge in [0.05, 0.1) is 16.9 Å². The van der Waals surface area contributed by atoms with Crippen molar-refractivity contribution in [3.63, 3.8) is 0 Å². The minimum absolute atomic E-state index is 0.0833. The summed E-state index contributed by atoms with van der Waals surface area (Å²) in [4.78, 5) is 34.1. The second kappa shape index (κ2) is 7.00. The molecule has 0 saturated carbocycles. The fourth-order valence-electron chi connectivity index (χ4n) is 3.83. The number of carbonyl (C=O) groups is 2. The van der Waals surface area contributed by atoms with Gasteiger partial charge in [-0.3, -0.25) is 4.79 Å². The average Bonchev–Trinajstić information content (AvgIpc) is 2.78. The summed E-state index contributed by atoms with van der Waals surface area (Å²) in [6.45, 7) is 4.03. The largest absolute Gasteiger partial charge is 0.334 e. The minimum Gasteiger partial charge on any atom is -0.334 e. The molecule has 4 rings (SSSR count). The number of hydrogen-bond donors (Lipinski definition) is 2. The van der Waals surface area contributed by atoms with Crippen LogP contribution in [0.25, 0.3) is 0 Å². The number of anilines is 3. The van der Waals surface area contributed by atoms with Crippen LogP contribution in [0.1, 0.15) is 23.7 Å². The Hall–Kier alpha value is -2.93. The van der Waals surface area contributed by atoms with E-state index in [1.807, 2.05) is 6.07 Å². The second-order valence-electron chi connectivity index (χ2n) is 7.27. The molecule has 1 aromatic carbocycles. The first kappa shape index (κ1) is 17.5. The molecule has 2 N–H and O–H groups in total. The highest BCUT2D eigenvalue weighted by molar-refractivity contribution is 6.16. The van der Waals surface area contributed by atoms with E-state index in [1.54, 1.807) is 36.5 Å². The van der Waals surface area contributed by atoms with Crippen LogP contribution in [0.5, 0.6) is 0 Å². The van der Waals surface area contributed by atoms with Crippen LogP contribution >= 0.6 is 0 Å². The van der Waals surface area contributed by atoms with Gasteiger partial charge in [0.2, 0.25) is 0 Å². The van der Waals surface area contributed by atoms with Gasteiger partial charge in [-0.2, -0.15) is 0 Å². The molecule has 0 bridgehead atoms. The number of piperidine rings is 1. The van der Waals surface area contributed by atoms with Gasteiger partial charge in [0, 0.05) is 18.8 Å². The van der Waals surface area contributed by atoms with Crippen molar-refractivity contribution >= 4 is 29.1 Å². The number of urea groups is 1. The summed E-state index contributed by atoms with van der Waals surface area (Å²) in [6, 6.07) is 10.4. The predicted molar refractivity (Wildman–Crippen MR) is 104 cm³/mol. The Morgan fingerprint density at radius 1 is 1.26 bits per heavy atom. The number of carbonyl (C=O) groups excluding carboxylic acids is 2. The maximum absolute atomic E-state index is 13.3. The van der Waals surface area contributed by atoms with Crippen molar-refractivity contribution < 1.29 is 9.59 Å². The van der Waals surface area contributed by atoms with Crippen molar-refractivity contribution in [1.82, 2.24) is 15.2 Å². The highest BCUT2D eigenvalue weighted by Gasteiger charge is 2.33. The topological polar surface area (TPSA) is 77.6 Å². The van der Waals surface area contributed by atoms with E-state index in [1.165, 1.54) is 4.90 Å². The number of aromatic nitrogens is 1. The van der Waals surface area contributed by atoms with Crippen molar-refractivity contribution in [2.24, 2.45) is 5.92 Å². The number of rotatable bonds is 1. The Balaban J connectivity index is 1.71. The van der Waals surface area contributed by atoms with Crippen molar-refractivity contribution in [3.05, 3.63) is 48.2 Å². The van der Waals surface area contributed by atoms with Crippen LogP contribution < -0.4 is 15.5 Å². The molecule has 7 nitrogen and oxygen atoms in total. The smallest absolute Gasteiger partial charge is 0.328 e. The Labute approximate surface area is 158 Å². The highest BCUT2D eigenvalue weighted by Crippen LogP contribution is 2.36. The van der Waals surface area contributed by atoms with Gasteiger partial charge in [-0.05, 0) is 50.2 Å². The van der Waals surface area contributed by atoms with Crippen LogP contribution in [0.3, 0.4) is 0 Å². The monoisotopic (exact) mass is 365 g/mol. The first-order chi connectivity index (χ1) is 13.0. The zero-order valence-corrected chi connectivity index (χ0v) is 15.5. The number of amides is 3. The number of para-hydroxylation sites is 1. The molecule has 2 aromatic rings. The lowest BCUT2D eigenvalue weighted by Crippen LogP contribution is -2.51. The molecule has 1 saturated heterocycles. The van der Waals surface area contributed by atoms with Gasteiger partial charge < -0.3 is 15.5 Å². The molecule has 3 amide bonds. The van der Waals surface area contributed by atoms with E-state index in [0.717, 1.165) is 19.5 Å². The van der Waals surface area contributed by atoms with E-state index >= 15 is 0 Å². The lowest BCUT2D eigenvalue weighted by Gasteiger charge is -2.36. The van der Waals surface area contributed by atoms with Crippen molar-refractivity contribution in [2.75, 3.05) is 30.4 Å². The normalized spacial score (nSPS) is 22.3. The number of nitrogens with zero attached hydrogens (tertiary/aromatic N) is 3. The van der Waals surface area contributed by atoms with Crippen LogP contribution in [-0.2, 0) is 0 Å². The van der Waals surface area contributed by atoms with Gasteiger partial charge in [0.25, 0.3) is 5.91 Å². The summed E-state index contributed by atoms with van der Waals surface area (Å²) in [5.74, 6) is 0.523. The SMILES string of the molecule is C[C@H]1CN(C)CC[C@H]1NC(=O)N1c2ccccc2C(=O)Nc2cccnc21. The standard InChI is InChI=1S/C20H23N5O2/c1-13-12-24(2)11-9-15(13)23-20(27)25-17-8-4-3-6-14(17)19(26)22-16-7-5-10-21-18(16)25/h3-8,10,13,15H,9,11-12H2,1-2H3,(H,22,26)(H,23,27)/t13-,15+/m0/s1. The second-order valence-corrected chi connectivity index (χ2v) is 7.27. The molecule has 140 valence electrons. The van der Waals surface area contributed by atoms with Crippen molar-refractivity contribution in [3.8, 4) is 0 Å². The molecule has 3 heterocycles. The van der Waals surface area contributed by atoms with E-state index in [9.17, 15) is 9.59 Å². The number of benzene rings is 1. The third-order valence-electron chi connectivity index (χ3n) is 5.26. The van der Waals surface area contributed by atoms with Crippen LogP contribution in [0.4, 0.5) is 22.0 Å². The minimum atomic E-state index is -0.264. The van der Waals surface area contributed by atoms with Gasteiger partial charge >= 0.3 is 6.03 Å². The van der Waals surface area contributed by atoms with Gasteiger partial charge in [-0.1, -0.05) is 19.1 Å². The number of fused-ring (bicyclic) bond motifs is 2. The molecule has 7 heteroatoms. The lowest BCUT2D eigenvalue weighted by atomic mass is 9.94. The Morgan fingerprint density at radius 3 is 2.89 bits per heavy atom. The molecule has 1 aromatic heterocycles. The number of pyridine rings is 1. The molecule has 2 atom stereocenters. The Bertz CT molecular complexity index is 884. The average molecular weight is 365 g/mol. The third-order valence-corrected chi connectivity index (χ3v) is 5.26. The Kier molecular flexibility index (Phi) is 4.53. The molecule has 0 spiro atoms. The van der Waals surface area contributed by atoms with E-state index in [2.05, 4.69) is 34.5 Å². The molecule has 0 radical (unpaired) electrons. The summed E-state index contributed by atoms with van der Waals surface area (Å²) in [5, 5.41) is 6.02. The molecular weight excluding hydrogens is 342 g/mol. The summed E-state index contributed by atoms with van der Waals surface area (Å²) in [6.07, 6.45) is 2.52. The molecule has 0 unspecified atom stereocenters. The van der Waals surface area contributed by atoms with Gasteiger partial charge in [0.15, 0.2) is 5.82 Å². The van der Waals surface area contributed by atoms with Crippen molar-refractivity contribution in [2.45, 2.75) is 19.4 Å². The van der Waals surface area contributed by atoms with Gasteiger partial charge in [-0.15, -0.1) is 0 Å². The number of likely N-dealkylation sites (tertiary alicyclic amines) is 1. The lowest BCUT2D eigenvalue weighted by molar-refractivity contribution is 0.102. The highest BCUT2D eigenvalue weighted by atomic mass is 16.2. The fraction of sp³-hybridized carbons (Fsp3) is 0.350. The number of hydrogen-bond acceptors (Lipinski definition) is 4. The molecule has 1 fully saturated rings. The summed E-state index contributed by atoms with van der Waals surface area (Å²) >= 11 is 0. The quantitative estimate of drug-likeness (QED) is 0.815. The van der Waals surface area contributed by atoms with E-state index in [4.69, 9.17) is 0 Å². The maximum Gasteiger partial charge on any atom is 0.328 e. The van der Waals surface area contributed by atoms with Gasteiger partial charge in [-0.25, -0.2) is 14.7 Å². The summed E-state index contributed by atoms with van der Waals surface area (Å²) in [5.41, 5.74) is 1.50. The van der Waals surface area contributed by atoms with Crippen LogP contribution in [0, 0.1) is 5.92 Å². The molecule has 2 aliphatic heterocycles.